The Morgan fingerprint density at radius 3 is 2.50 bits per heavy atom. The molecule has 0 radical (unpaired) electrons. The van der Waals surface area contributed by atoms with Crippen molar-refractivity contribution in [3.05, 3.63) is 0 Å². The van der Waals surface area contributed by atoms with Gasteiger partial charge in [0.2, 0.25) is 0 Å². The molecule has 2 unspecified atom stereocenters. The van der Waals surface area contributed by atoms with E-state index >= 15 is 0 Å². The smallest absolute Gasteiger partial charge is 0.0730 e. The summed E-state index contributed by atoms with van der Waals surface area (Å²) in [7, 11) is 2.06. The first-order valence-corrected chi connectivity index (χ1v) is 6.70. The maximum Gasteiger partial charge on any atom is 0.0730 e. The quantitative estimate of drug-likeness (QED) is 0.726. The van der Waals surface area contributed by atoms with E-state index in [1.54, 1.807) is 0 Å². The Kier molecular flexibility index (Phi) is 7.01. The van der Waals surface area contributed by atoms with Gasteiger partial charge in [0.05, 0.1) is 6.10 Å². The van der Waals surface area contributed by atoms with E-state index in [4.69, 9.17) is 9.47 Å². The van der Waals surface area contributed by atoms with Crippen LogP contribution in [-0.4, -0.2) is 39.0 Å². The lowest BCUT2D eigenvalue weighted by Gasteiger charge is -2.35. The van der Waals surface area contributed by atoms with Gasteiger partial charge in [-0.15, -0.1) is 0 Å². The summed E-state index contributed by atoms with van der Waals surface area (Å²) in [6.07, 6.45) is 5.03. The van der Waals surface area contributed by atoms with Crippen LogP contribution in [0.25, 0.3) is 0 Å². The van der Waals surface area contributed by atoms with Crippen molar-refractivity contribution in [3.63, 3.8) is 0 Å². The average molecular weight is 229 g/mol. The van der Waals surface area contributed by atoms with E-state index in [9.17, 15) is 0 Å². The molecule has 0 spiro atoms. The highest BCUT2D eigenvalue weighted by molar-refractivity contribution is 4.84. The molecule has 3 nitrogen and oxygen atoms in total. The van der Waals surface area contributed by atoms with Crippen LogP contribution in [0.15, 0.2) is 0 Å². The van der Waals surface area contributed by atoms with Crippen molar-refractivity contribution in [1.82, 2.24) is 5.32 Å². The molecule has 2 atom stereocenters. The Labute approximate surface area is 99.9 Å². The first-order valence-electron chi connectivity index (χ1n) is 6.70. The second-order valence-corrected chi connectivity index (χ2v) is 4.55. The Bertz CT molecular complexity index is 163. The number of hydrogen-bond donors (Lipinski definition) is 1. The molecule has 3 heteroatoms. The molecular weight excluding hydrogens is 202 g/mol. The third kappa shape index (κ3) is 4.04. The summed E-state index contributed by atoms with van der Waals surface area (Å²) in [4.78, 5) is 0. The van der Waals surface area contributed by atoms with Crippen molar-refractivity contribution in [3.8, 4) is 0 Å². The van der Waals surface area contributed by atoms with E-state index in [1.165, 1.54) is 19.3 Å². The topological polar surface area (TPSA) is 30.5 Å². The van der Waals surface area contributed by atoms with E-state index in [2.05, 4.69) is 26.2 Å². The van der Waals surface area contributed by atoms with Crippen molar-refractivity contribution in [2.75, 3.05) is 26.9 Å². The number of hydrogen-bond acceptors (Lipinski definition) is 3. The highest BCUT2D eigenvalue weighted by Gasteiger charge is 2.29. The highest BCUT2D eigenvalue weighted by Crippen LogP contribution is 2.24. The second kappa shape index (κ2) is 8.04. The summed E-state index contributed by atoms with van der Waals surface area (Å²) < 4.78 is 11.3. The molecule has 0 aromatic heterocycles. The summed E-state index contributed by atoms with van der Waals surface area (Å²) in [5, 5.41) is 3.46. The monoisotopic (exact) mass is 229 g/mol. The van der Waals surface area contributed by atoms with E-state index < -0.39 is 0 Å². The van der Waals surface area contributed by atoms with Crippen LogP contribution in [0.1, 0.15) is 39.5 Å². The van der Waals surface area contributed by atoms with Gasteiger partial charge in [-0.3, -0.25) is 0 Å². The third-order valence-electron chi connectivity index (χ3n) is 3.46. The summed E-state index contributed by atoms with van der Waals surface area (Å²) >= 11 is 0. The normalized spacial score (nSPS) is 21.9. The number of likely N-dealkylation sites (N-methyl/N-ethyl adjacent to an activating group) is 1. The Morgan fingerprint density at radius 1 is 1.31 bits per heavy atom. The molecule has 96 valence electrons. The van der Waals surface area contributed by atoms with Gasteiger partial charge < -0.3 is 14.8 Å². The fourth-order valence-corrected chi connectivity index (χ4v) is 2.67. The lowest BCUT2D eigenvalue weighted by molar-refractivity contribution is -0.0140. The van der Waals surface area contributed by atoms with Gasteiger partial charge in [-0.25, -0.2) is 0 Å². The molecule has 0 aromatic rings. The summed E-state index contributed by atoms with van der Waals surface area (Å²) in [6.45, 7) is 6.94. The van der Waals surface area contributed by atoms with Gasteiger partial charge >= 0.3 is 0 Å². The Morgan fingerprint density at radius 2 is 2.00 bits per heavy atom. The van der Waals surface area contributed by atoms with Gasteiger partial charge in [-0.1, -0.05) is 13.3 Å². The summed E-state index contributed by atoms with van der Waals surface area (Å²) in [5.41, 5.74) is 0. The van der Waals surface area contributed by atoms with E-state index in [-0.39, 0.29) is 0 Å². The van der Waals surface area contributed by atoms with Gasteiger partial charge in [0.1, 0.15) is 0 Å². The maximum absolute atomic E-state index is 5.89. The molecule has 1 aliphatic heterocycles. The molecule has 0 aromatic carbocycles. The first kappa shape index (κ1) is 13.9. The first-order chi connectivity index (χ1) is 7.83. The minimum atomic E-state index is 0.364. The zero-order valence-electron chi connectivity index (χ0n) is 11.0. The van der Waals surface area contributed by atoms with Crippen LogP contribution in [0, 0.1) is 5.92 Å². The fraction of sp³-hybridized carbons (Fsp3) is 1.00. The standard InChI is InChI=1S/C13H27NO2/c1-4-6-12(16-5-2)13(14-3)11-7-9-15-10-8-11/h11-14H,4-10H2,1-3H3. The molecule has 0 saturated carbocycles. The lowest BCUT2D eigenvalue weighted by Crippen LogP contribution is -2.46. The van der Waals surface area contributed by atoms with Gasteiger partial charge in [-0.05, 0) is 39.2 Å². The van der Waals surface area contributed by atoms with Crippen LogP contribution in [0.2, 0.25) is 0 Å². The molecule has 1 aliphatic rings. The third-order valence-corrected chi connectivity index (χ3v) is 3.46. The zero-order valence-corrected chi connectivity index (χ0v) is 11.0. The van der Waals surface area contributed by atoms with E-state index in [1.807, 2.05) is 0 Å². The van der Waals surface area contributed by atoms with Gasteiger partial charge in [0, 0.05) is 25.9 Å². The van der Waals surface area contributed by atoms with Crippen LogP contribution in [-0.2, 0) is 9.47 Å². The molecular formula is C13H27NO2. The van der Waals surface area contributed by atoms with E-state index in [0.717, 1.165) is 26.2 Å². The van der Waals surface area contributed by atoms with Crippen molar-refractivity contribution < 1.29 is 9.47 Å². The van der Waals surface area contributed by atoms with E-state index in [0.29, 0.717) is 18.1 Å². The SMILES string of the molecule is CCCC(OCC)C(NC)C1CCOCC1. The lowest BCUT2D eigenvalue weighted by atomic mass is 9.87. The molecule has 0 amide bonds. The molecule has 1 fully saturated rings. The molecule has 1 saturated heterocycles. The summed E-state index contributed by atoms with van der Waals surface area (Å²) in [5.74, 6) is 0.710. The summed E-state index contributed by atoms with van der Waals surface area (Å²) in [6, 6.07) is 0.490. The van der Waals surface area contributed by atoms with Crippen LogP contribution in [0.3, 0.4) is 0 Å². The molecule has 0 bridgehead atoms. The van der Waals surface area contributed by atoms with Crippen LogP contribution in [0.4, 0.5) is 0 Å². The average Bonchev–Trinajstić information content (AvgIpc) is 2.32. The fourth-order valence-electron chi connectivity index (χ4n) is 2.67. The number of ether oxygens (including phenoxy) is 2. The predicted molar refractivity (Wildman–Crippen MR) is 66.7 cm³/mol. The number of nitrogens with one attached hydrogen (secondary N) is 1. The predicted octanol–water partition coefficient (Wildman–Crippen LogP) is 2.21. The van der Waals surface area contributed by atoms with Crippen molar-refractivity contribution in [1.29, 1.82) is 0 Å². The molecule has 0 aliphatic carbocycles. The van der Waals surface area contributed by atoms with Crippen LogP contribution >= 0.6 is 0 Å². The zero-order chi connectivity index (χ0) is 11.8. The molecule has 1 heterocycles. The van der Waals surface area contributed by atoms with Crippen LogP contribution in [0.5, 0.6) is 0 Å². The molecule has 1 rings (SSSR count). The molecule has 16 heavy (non-hydrogen) atoms. The second-order valence-electron chi connectivity index (χ2n) is 4.55. The maximum atomic E-state index is 5.89. The van der Waals surface area contributed by atoms with Crippen molar-refractivity contribution >= 4 is 0 Å². The largest absolute Gasteiger partial charge is 0.381 e. The minimum Gasteiger partial charge on any atom is -0.381 e. The van der Waals surface area contributed by atoms with Gasteiger partial charge in [0.25, 0.3) is 0 Å². The van der Waals surface area contributed by atoms with Gasteiger partial charge in [0.15, 0.2) is 0 Å². The van der Waals surface area contributed by atoms with Crippen molar-refractivity contribution in [2.24, 2.45) is 5.92 Å². The van der Waals surface area contributed by atoms with Gasteiger partial charge in [-0.2, -0.15) is 0 Å². The van der Waals surface area contributed by atoms with Crippen molar-refractivity contribution in [2.45, 2.75) is 51.7 Å². The minimum absolute atomic E-state index is 0.364. The highest BCUT2D eigenvalue weighted by atomic mass is 16.5. The number of rotatable bonds is 7. The van der Waals surface area contributed by atoms with Crippen LogP contribution < -0.4 is 5.32 Å². The Hall–Kier alpha value is -0.120. The Balaban J connectivity index is 2.52. The molecule has 1 N–H and O–H groups in total.